The molecule has 1 aromatic carbocycles. The lowest BCUT2D eigenvalue weighted by molar-refractivity contribution is 0.0171. The van der Waals surface area contributed by atoms with E-state index in [1.165, 1.54) is 11.1 Å². The third-order valence-corrected chi connectivity index (χ3v) is 4.85. The maximum Gasteiger partial charge on any atom is 0.191 e. The Morgan fingerprint density at radius 1 is 1.29 bits per heavy atom. The Balaban J connectivity index is 0.00000280. The summed E-state index contributed by atoms with van der Waals surface area (Å²) in [5.74, 6) is 1.92. The molecular formula is C21H34IN3O3. The lowest BCUT2D eigenvalue weighted by Gasteiger charge is -2.12. The van der Waals surface area contributed by atoms with Gasteiger partial charge in [-0.2, -0.15) is 0 Å². The maximum absolute atomic E-state index is 5.69. The molecule has 158 valence electrons. The van der Waals surface area contributed by atoms with Crippen molar-refractivity contribution >= 4 is 29.9 Å². The number of benzene rings is 1. The summed E-state index contributed by atoms with van der Waals surface area (Å²) in [5, 5.41) is 6.72. The van der Waals surface area contributed by atoms with Crippen LogP contribution in [-0.2, 0) is 22.3 Å². The van der Waals surface area contributed by atoms with Crippen LogP contribution in [0.3, 0.4) is 0 Å². The minimum absolute atomic E-state index is 0. The van der Waals surface area contributed by atoms with E-state index in [9.17, 15) is 0 Å². The minimum Gasteiger partial charge on any atom is -0.493 e. The number of ether oxygens (including phenoxy) is 3. The summed E-state index contributed by atoms with van der Waals surface area (Å²) in [6.07, 6.45) is 5.52. The van der Waals surface area contributed by atoms with E-state index in [0.717, 1.165) is 83.3 Å². The molecule has 0 aromatic heterocycles. The van der Waals surface area contributed by atoms with Crippen LogP contribution in [0.1, 0.15) is 37.3 Å². The zero-order chi connectivity index (χ0) is 18.7. The van der Waals surface area contributed by atoms with E-state index < -0.39 is 0 Å². The van der Waals surface area contributed by atoms with Crippen molar-refractivity contribution in [2.24, 2.45) is 4.99 Å². The van der Waals surface area contributed by atoms with Crippen molar-refractivity contribution in [3.63, 3.8) is 0 Å². The fourth-order valence-electron chi connectivity index (χ4n) is 3.41. The first-order valence-corrected chi connectivity index (χ1v) is 10.3. The molecule has 0 aliphatic carbocycles. The third-order valence-electron chi connectivity index (χ3n) is 4.85. The third kappa shape index (κ3) is 7.75. The molecule has 1 unspecified atom stereocenters. The second-order valence-corrected chi connectivity index (χ2v) is 7.04. The second kappa shape index (κ2) is 13.2. The highest BCUT2D eigenvalue weighted by Crippen LogP contribution is 2.25. The quantitative estimate of drug-likeness (QED) is 0.223. The topological polar surface area (TPSA) is 64.1 Å². The number of hydrogen-bond donors (Lipinski definition) is 2. The first-order chi connectivity index (χ1) is 13.3. The van der Waals surface area contributed by atoms with E-state index in [1.807, 2.05) is 0 Å². The predicted molar refractivity (Wildman–Crippen MR) is 123 cm³/mol. The van der Waals surface area contributed by atoms with Crippen LogP contribution in [-0.4, -0.2) is 58.1 Å². The summed E-state index contributed by atoms with van der Waals surface area (Å²) < 4.78 is 16.8. The van der Waals surface area contributed by atoms with Crippen molar-refractivity contribution in [1.82, 2.24) is 10.6 Å². The standard InChI is InChI=1S/C21H33N3O3.HI/c1-2-22-21(23-10-4-12-25-16-19-5-3-13-26-19)24-11-8-17-6-7-20-18(15-17)9-14-27-20;/h6-7,15,19H,2-5,8-14,16H2,1H3,(H2,22,23,24);1H. The molecule has 0 bridgehead atoms. The Morgan fingerprint density at radius 3 is 3.04 bits per heavy atom. The van der Waals surface area contributed by atoms with Gasteiger partial charge in [-0.1, -0.05) is 12.1 Å². The van der Waals surface area contributed by atoms with Crippen LogP contribution >= 0.6 is 24.0 Å². The van der Waals surface area contributed by atoms with E-state index in [-0.39, 0.29) is 24.0 Å². The van der Waals surface area contributed by atoms with Crippen molar-refractivity contribution in [3.05, 3.63) is 29.3 Å². The van der Waals surface area contributed by atoms with Crippen molar-refractivity contribution < 1.29 is 14.2 Å². The van der Waals surface area contributed by atoms with Gasteiger partial charge in [-0.25, -0.2) is 0 Å². The first-order valence-electron chi connectivity index (χ1n) is 10.3. The molecule has 2 N–H and O–H groups in total. The van der Waals surface area contributed by atoms with Crippen molar-refractivity contribution in [2.45, 2.75) is 45.1 Å². The van der Waals surface area contributed by atoms with Gasteiger partial charge in [0.25, 0.3) is 0 Å². The number of fused-ring (bicyclic) bond motifs is 1. The van der Waals surface area contributed by atoms with Gasteiger partial charge < -0.3 is 24.8 Å². The molecule has 28 heavy (non-hydrogen) atoms. The Morgan fingerprint density at radius 2 is 2.21 bits per heavy atom. The number of guanidine groups is 1. The predicted octanol–water partition coefficient (Wildman–Crippen LogP) is 2.92. The fraction of sp³-hybridized carbons (Fsp3) is 0.667. The number of halogens is 1. The smallest absolute Gasteiger partial charge is 0.191 e. The van der Waals surface area contributed by atoms with Crippen LogP contribution in [0.15, 0.2) is 23.2 Å². The summed E-state index contributed by atoms with van der Waals surface area (Å²) >= 11 is 0. The van der Waals surface area contributed by atoms with Gasteiger partial charge in [-0.15, -0.1) is 24.0 Å². The van der Waals surface area contributed by atoms with Gasteiger partial charge in [0.05, 0.1) is 19.3 Å². The number of aliphatic imine (C=N–C) groups is 1. The number of nitrogens with one attached hydrogen (secondary N) is 2. The minimum atomic E-state index is 0. The molecular weight excluding hydrogens is 469 g/mol. The normalized spacial score (nSPS) is 18.3. The SMILES string of the molecule is CCNC(=NCCCOCC1CCCO1)NCCc1ccc2c(c1)CCO2.I. The van der Waals surface area contributed by atoms with Crippen molar-refractivity contribution in [2.75, 3.05) is 46.1 Å². The lowest BCUT2D eigenvalue weighted by Crippen LogP contribution is -2.38. The summed E-state index contributed by atoms with van der Waals surface area (Å²) in [6, 6.07) is 6.51. The molecule has 2 aliphatic heterocycles. The summed E-state index contributed by atoms with van der Waals surface area (Å²) in [6.45, 7) is 7.72. The maximum atomic E-state index is 5.69. The second-order valence-electron chi connectivity index (χ2n) is 7.04. The molecule has 1 atom stereocenters. The molecule has 1 saturated heterocycles. The number of hydrogen-bond acceptors (Lipinski definition) is 4. The van der Waals surface area contributed by atoms with Crippen LogP contribution in [0, 0.1) is 0 Å². The lowest BCUT2D eigenvalue weighted by atomic mass is 10.1. The summed E-state index contributed by atoms with van der Waals surface area (Å²) in [7, 11) is 0. The Bertz CT molecular complexity index is 607. The van der Waals surface area contributed by atoms with E-state index >= 15 is 0 Å². The van der Waals surface area contributed by atoms with Crippen molar-refractivity contribution in [1.29, 1.82) is 0 Å². The Kier molecular flexibility index (Phi) is 11.0. The average Bonchev–Trinajstić information content (AvgIpc) is 3.35. The number of nitrogens with zero attached hydrogens (tertiary/aromatic N) is 1. The molecule has 2 heterocycles. The van der Waals surface area contributed by atoms with Gasteiger partial charge in [0.1, 0.15) is 5.75 Å². The van der Waals surface area contributed by atoms with E-state index in [2.05, 4.69) is 40.7 Å². The Hall–Kier alpha value is -1.06. The van der Waals surface area contributed by atoms with Gasteiger partial charge in [-0.05, 0) is 49.8 Å². The molecule has 1 aromatic rings. The highest BCUT2D eigenvalue weighted by molar-refractivity contribution is 14.0. The molecule has 0 radical (unpaired) electrons. The highest BCUT2D eigenvalue weighted by Gasteiger charge is 2.15. The highest BCUT2D eigenvalue weighted by atomic mass is 127. The zero-order valence-electron chi connectivity index (χ0n) is 16.9. The van der Waals surface area contributed by atoms with E-state index in [4.69, 9.17) is 14.2 Å². The monoisotopic (exact) mass is 503 g/mol. The fourth-order valence-corrected chi connectivity index (χ4v) is 3.41. The Labute approximate surface area is 185 Å². The van der Waals surface area contributed by atoms with Crippen LogP contribution in [0.25, 0.3) is 0 Å². The first kappa shape index (κ1) is 23.2. The molecule has 0 saturated carbocycles. The van der Waals surface area contributed by atoms with Gasteiger partial charge in [0, 0.05) is 39.3 Å². The molecule has 3 rings (SSSR count). The molecule has 1 fully saturated rings. The molecule has 0 amide bonds. The number of rotatable bonds is 10. The largest absolute Gasteiger partial charge is 0.493 e. The summed E-state index contributed by atoms with van der Waals surface area (Å²) in [4.78, 5) is 4.63. The molecule has 2 aliphatic rings. The van der Waals surface area contributed by atoms with Gasteiger partial charge in [0.15, 0.2) is 5.96 Å². The van der Waals surface area contributed by atoms with Crippen LogP contribution < -0.4 is 15.4 Å². The van der Waals surface area contributed by atoms with Gasteiger partial charge >= 0.3 is 0 Å². The molecule has 7 heteroatoms. The van der Waals surface area contributed by atoms with Gasteiger partial charge in [0.2, 0.25) is 0 Å². The molecule has 0 spiro atoms. The van der Waals surface area contributed by atoms with Crippen LogP contribution in [0.4, 0.5) is 0 Å². The zero-order valence-corrected chi connectivity index (χ0v) is 19.2. The van der Waals surface area contributed by atoms with Gasteiger partial charge in [-0.3, -0.25) is 4.99 Å². The van der Waals surface area contributed by atoms with E-state index in [0.29, 0.717) is 12.7 Å². The van der Waals surface area contributed by atoms with Crippen LogP contribution in [0.2, 0.25) is 0 Å². The van der Waals surface area contributed by atoms with E-state index in [1.54, 1.807) is 0 Å². The van der Waals surface area contributed by atoms with Crippen LogP contribution in [0.5, 0.6) is 5.75 Å². The average molecular weight is 503 g/mol. The summed E-state index contributed by atoms with van der Waals surface area (Å²) in [5.41, 5.74) is 2.67. The molecule has 6 nitrogen and oxygen atoms in total. The van der Waals surface area contributed by atoms with Crippen molar-refractivity contribution in [3.8, 4) is 5.75 Å².